The smallest absolute Gasteiger partial charge is 0.241 e. The second-order valence-corrected chi connectivity index (χ2v) is 6.65. The van der Waals surface area contributed by atoms with Gasteiger partial charge in [-0.2, -0.15) is 0 Å². The molecular formula is C14H24N2O2S. The van der Waals surface area contributed by atoms with Gasteiger partial charge in [-0.25, -0.2) is 13.1 Å². The summed E-state index contributed by atoms with van der Waals surface area (Å²) in [4.78, 5) is 0.232. The Kier molecular flexibility index (Phi) is 4.98. The average Bonchev–Trinajstić information content (AvgIpc) is 2.39. The quantitative estimate of drug-likeness (QED) is 0.789. The van der Waals surface area contributed by atoms with Crippen LogP contribution in [-0.2, 0) is 10.0 Å². The molecule has 0 saturated carbocycles. The van der Waals surface area contributed by atoms with E-state index < -0.39 is 10.0 Å². The Labute approximate surface area is 116 Å². The van der Waals surface area contributed by atoms with Crippen molar-refractivity contribution in [2.45, 2.75) is 57.4 Å². The lowest BCUT2D eigenvalue weighted by Crippen LogP contribution is -2.46. The van der Waals surface area contributed by atoms with Crippen molar-refractivity contribution in [2.24, 2.45) is 0 Å². The van der Waals surface area contributed by atoms with Crippen LogP contribution in [0.25, 0.3) is 0 Å². The number of hydrogen-bond acceptors (Lipinski definition) is 3. The van der Waals surface area contributed by atoms with Gasteiger partial charge < -0.3 is 5.73 Å². The van der Waals surface area contributed by atoms with E-state index in [2.05, 4.69) is 4.72 Å². The molecule has 0 aromatic heterocycles. The summed E-state index contributed by atoms with van der Waals surface area (Å²) in [5.41, 5.74) is 6.79. The van der Waals surface area contributed by atoms with Crippen LogP contribution in [0.2, 0.25) is 0 Å². The van der Waals surface area contributed by atoms with Crippen LogP contribution < -0.4 is 10.5 Å². The van der Waals surface area contributed by atoms with Crippen LogP contribution in [0.4, 0.5) is 5.69 Å². The zero-order chi connectivity index (χ0) is 14.7. The van der Waals surface area contributed by atoms with Crippen molar-refractivity contribution in [1.29, 1.82) is 0 Å². The molecule has 0 radical (unpaired) electrons. The number of nitrogens with one attached hydrogen (secondary N) is 1. The van der Waals surface area contributed by atoms with Gasteiger partial charge in [-0.05, 0) is 43.9 Å². The first-order valence-electron chi connectivity index (χ1n) is 6.70. The zero-order valence-corrected chi connectivity index (χ0v) is 13.0. The van der Waals surface area contributed by atoms with Gasteiger partial charge >= 0.3 is 0 Å². The highest BCUT2D eigenvalue weighted by Crippen LogP contribution is 2.24. The molecule has 0 aliphatic carbocycles. The number of nitrogens with two attached hydrogens (primary N) is 1. The van der Waals surface area contributed by atoms with Crippen LogP contribution in [0, 0.1) is 6.92 Å². The fourth-order valence-electron chi connectivity index (χ4n) is 2.10. The molecule has 108 valence electrons. The van der Waals surface area contributed by atoms with Crippen LogP contribution in [0.3, 0.4) is 0 Å². The molecule has 0 fully saturated rings. The highest BCUT2D eigenvalue weighted by atomic mass is 32.2. The molecule has 0 aliphatic heterocycles. The van der Waals surface area contributed by atoms with E-state index in [1.165, 1.54) is 6.07 Å². The van der Waals surface area contributed by atoms with Gasteiger partial charge in [-0.3, -0.25) is 0 Å². The number of nitrogen functional groups attached to an aromatic ring is 1. The van der Waals surface area contributed by atoms with Crippen molar-refractivity contribution in [3.8, 4) is 0 Å². The van der Waals surface area contributed by atoms with Gasteiger partial charge in [-0.1, -0.05) is 26.8 Å². The number of aryl methyl sites for hydroxylation is 1. The summed E-state index contributed by atoms with van der Waals surface area (Å²) in [6, 6.07) is 4.85. The number of benzene rings is 1. The molecule has 1 aromatic carbocycles. The van der Waals surface area contributed by atoms with Gasteiger partial charge in [0.05, 0.1) is 4.90 Å². The van der Waals surface area contributed by atoms with E-state index in [1.807, 2.05) is 27.7 Å². The maximum absolute atomic E-state index is 12.4. The van der Waals surface area contributed by atoms with Gasteiger partial charge in [0.1, 0.15) is 0 Å². The van der Waals surface area contributed by atoms with Crippen molar-refractivity contribution >= 4 is 15.7 Å². The first-order chi connectivity index (χ1) is 8.80. The molecule has 0 heterocycles. The summed E-state index contributed by atoms with van der Waals surface area (Å²) >= 11 is 0. The van der Waals surface area contributed by atoms with Crippen molar-refractivity contribution in [3.05, 3.63) is 23.8 Å². The van der Waals surface area contributed by atoms with Crippen molar-refractivity contribution < 1.29 is 8.42 Å². The monoisotopic (exact) mass is 284 g/mol. The van der Waals surface area contributed by atoms with Gasteiger partial charge in [0, 0.05) is 11.2 Å². The Morgan fingerprint density at radius 2 is 1.68 bits per heavy atom. The van der Waals surface area contributed by atoms with Gasteiger partial charge in [0.2, 0.25) is 10.0 Å². The third kappa shape index (κ3) is 3.48. The van der Waals surface area contributed by atoms with Crippen molar-refractivity contribution in [3.63, 3.8) is 0 Å². The Balaban J connectivity index is 3.14. The molecule has 0 spiro atoms. The first kappa shape index (κ1) is 16.0. The van der Waals surface area contributed by atoms with E-state index in [0.717, 1.165) is 24.8 Å². The molecule has 5 heteroatoms. The predicted octanol–water partition coefficient (Wildman–Crippen LogP) is 2.82. The standard InChI is InChI=1S/C14H24N2O2S/c1-5-14(6-2,7-3)16-19(17,18)12-9-8-11(4)13(15)10-12/h8-10,16H,5-7,15H2,1-4H3. The summed E-state index contributed by atoms with van der Waals surface area (Å²) in [6.07, 6.45) is 2.29. The fraction of sp³-hybridized carbons (Fsp3) is 0.571. The van der Waals surface area contributed by atoms with Crippen LogP contribution in [0.1, 0.15) is 45.6 Å². The zero-order valence-electron chi connectivity index (χ0n) is 12.2. The summed E-state index contributed by atoms with van der Waals surface area (Å²) < 4.78 is 27.7. The Hall–Kier alpha value is -1.07. The number of hydrogen-bond donors (Lipinski definition) is 2. The van der Waals surface area contributed by atoms with Crippen LogP contribution in [-0.4, -0.2) is 14.0 Å². The van der Waals surface area contributed by atoms with E-state index in [0.29, 0.717) is 5.69 Å². The molecule has 0 atom stereocenters. The van der Waals surface area contributed by atoms with E-state index in [4.69, 9.17) is 5.73 Å². The molecule has 0 unspecified atom stereocenters. The highest BCUT2D eigenvalue weighted by Gasteiger charge is 2.30. The molecule has 3 N–H and O–H groups in total. The Morgan fingerprint density at radius 3 is 2.11 bits per heavy atom. The molecule has 0 aliphatic rings. The van der Waals surface area contributed by atoms with Crippen LogP contribution in [0.15, 0.2) is 23.1 Å². The highest BCUT2D eigenvalue weighted by molar-refractivity contribution is 7.89. The topological polar surface area (TPSA) is 72.2 Å². The second-order valence-electron chi connectivity index (χ2n) is 4.96. The lowest BCUT2D eigenvalue weighted by atomic mass is 9.91. The normalized spacial score (nSPS) is 12.6. The van der Waals surface area contributed by atoms with E-state index in [9.17, 15) is 8.42 Å². The minimum atomic E-state index is -3.52. The van der Waals surface area contributed by atoms with Crippen LogP contribution in [0.5, 0.6) is 0 Å². The lowest BCUT2D eigenvalue weighted by molar-refractivity contribution is 0.341. The van der Waals surface area contributed by atoms with Crippen LogP contribution >= 0.6 is 0 Å². The number of sulfonamides is 1. The summed E-state index contributed by atoms with van der Waals surface area (Å²) in [5, 5.41) is 0. The largest absolute Gasteiger partial charge is 0.398 e. The van der Waals surface area contributed by atoms with E-state index in [1.54, 1.807) is 12.1 Å². The van der Waals surface area contributed by atoms with E-state index >= 15 is 0 Å². The maximum Gasteiger partial charge on any atom is 0.241 e. The minimum absolute atomic E-state index is 0.232. The van der Waals surface area contributed by atoms with Gasteiger partial charge in [0.15, 0.2) is 0 Å². The third-order valence-electron chi connectivity index (χ3n) is 3.94. The molecule has 19 heavy (non-hydrogen) atoms. The van der Waals surface area contributed by atoms with Crippen molar-refractivity contribution in [2.75, 3.05) is 5.73 Å². The van der Waals surface area contributed by atoms with Crippen molar-refractivity contribution in [1.82, 2.24) is 4.72 Å². The molecule has 0 amide bonds. The first-order valence-corrected chi connectivity index (χ1v) is 8.18. The molecule has 1 aromatic rings. The molecule has 0 saturated heterocycles. The third-order valence-corrected chi connectivity index (χ3v) is 5.52. The second kappa shape index (κ2) is 5.92. The number of anilines is 1. The summed E-state index contributed by atoms with van der Waals surface area (Å²) in [7, 11) is -3.52. The SMILES string of the molecule is CCC(CC)(CC)NS(=O)(=O)c1ccc(C)c(N)c1. The average molecular weight is 284 g/mol. The molecule has 4 nitrogen and oxygen atoms in total. The Morgan fingerprint density at radius 1 is 1.16 bits per heavy atom. The molecular weight excluding hydrogens is 260 g/mol. The molecule has 1 rings (SSSR count). The Bertz CT molecular complexity index is 526. The molecule has 0 bridgehead atoms. The predicted molar refractivity (Wildman–Crippen MR) is 79.5 cm³/mol. The summed E-state index contributed by atoms with van der Waals surface area (Å²) in [5.74, 6) is 0. The van der Waals surface area contributed by atoms with Gasteiger partial charge in [0.25, 0.3) is 0 Å². The summed E-state index contributed by atoms with van der Waals surface area (Å²) in [6.45, 7) is 7.85. The number of rotatable bonds is 6. The van der Waals surface area contributed by atoms with Gasteiger partial charge in [-0.15, -0.1) is 0 Å². The lowest BCUT2D eigenvalue weighted by Gasteiger charge is -2.31. The maximum atomic E-state index is 12.4. The fourth-order valence-corrected chi connectivity index (χ4v) is 3.75. The minimum Gasteiger partial charge on any atom is -0.398 e. The van der Waals surface area contributed by atoms with E-state index in [-0.39, 0.29) is 10.4 Å².